The molecular weight excluding hydrogens is 860 g/mol. The number of benzene rings is 10. The summed E-state index contributed by atoms with van der Waals surface area (Å²) >= 11 is 0. The van der Waals surface area contributed by atoms with Gasteiger partial charge in [-0.15, -0.1) is 0 Å². The zero-order valence-electron chi connectivity index (χ0n) is 35.9. The Morgan fingerprint density at radius 2 is 0.544 bits per heavy atom. The van der Waals surface area contributed by atoms with Crippen molar-refractivity contribution >= 4 is 150 Å². The minimum absolute atomic E-state index is 0.710. The van der Waals surface area contributed by atoms with E-state index in [2.05, 4.69) is 167 Å². The van der Waals surface area contributed by atoms with Crippen molar-refractivity contribution in [1.29, 1.82) is 0 Å². The molecule has 68 heavy (non-hydrogen) atoms. The van der Waals surface area contributed by atoms with Crippen molar-refractivity contribution in [3.05, 3.63) is 194 Å². The van der Waals surface area contributed by atoms with Crippen LogP contribution in [0.3, 0.4) is 0 Å². The zero-order valence-corrected chi connectivity index (χ0v) is 36.8. The van der Waals surface area contributed by atoms with Crippen LogP contribution < -0.4 is 10.6 Å². The number of hydrogen-bond donors (Lipinski definition) is 0. The number of hydrogen-bond acceptors (Lipinski definition) is 5. The molecule has 0 saturated carbocycles. The summed E-state index contributed by atoms with van der Waals surface area (Å²) in [7, 11) is -1.97. The largest absolute Gasteiger partial charge is 0.456 e. The lowest BCUT2D eigenvalue weighted by Crippen LogP contribution is -2.05. The molecule has 10 aromatic carbocycles. The van der Waals surface area contributed by atoms with E-state index in [-0.39, 0.29) is 0 Å². The maximum Gasteiger partial charge on any atom is 0.415 e. The molecule has 0 aliphatic carbocycles. The fraction of sp³-hybridized carbons (Fsp3) is 0. The van der Waals surface area contributed by atoms with Gasteiger partial charge in [0.1, 0.15) is 44.7 Å². The molecule has 316 valence electrons. The predicted molar refractivity (Wildman–Crippen MR) is 278 cm³/mol. The van der Waals surface area contributed by atoms with Crippen molar-refractivity contribution in [1.82, 2.24) is 9.13 Å². The minimum Gasteiger partial charge on any atom is -0.456 e. The SMILES string of the molecule is O=[P+](c1ccc2oc3cc4c(cc3c2c1)oc1ccc(-n2c3ccccc3c3ccccc32)cc14)c1ccc2oc3cc4c(cc3c2c1)oc1ccc(-n2c3ccccc3c3ccccc32)cc14. The quantitative estimate of drug-likeness (QED) is 0.164. The van der Waals surface area contributed by atoms with Crippen molar-refractivity contribution < 1.29 is 22.2 Å². The second-order valence-electron chi connectivity index (χ2n) is 17.9. The first-order chi connectivity index (χ1) is 33.6. The Bertz CT molecular complexity index is 4480. The fourth-order valence-electron chi connectivity index (χ4n) is 11.1. The maximum atomic E-state index is 14.5. The van der Waals surface area contributed by atoms with E-state index >= 15 is 0 Å². The lowest BCUT2D eigenvalue weighted by atomic mass is 10.1. The van der Waals surface area contributed by atoms with Crippen LogP contribution in [0.5, 0.6) is 0 Å². The van der Waals surface area contributed by atoms with Gasteiger partial charge in [0.25, 0.3) is 0 Å². The summed E-state index contributed by atoms with van der Waals surface area (Å²) in [5, 5.41) is 13.9. The molecule has 16 rings (SSSR count). The number of fused-ring (bicyclic) bond motifs is 18. The van der Waals surface area contributed by atoms with E-state index in [0.717, 1.165) is 121 Å². The average molecular weight is 892 g/mol. The number of aromatic nitrogens is 2. The van der Waals surface area contributed by atoms with Gasteiger partial charge in [0.15, 0.2) is 10.6 Å². The van der Waals surface area contributed by atoms with Crippen LogP contribution in [-0.2, 0) is 4.57 Å². The number of para-hydroxylation sites is 4. The van der Waals surface area contributed by atoms with Gasteiger partial charge in [-0.25, -0.2) is 0 Å². The van der Waals surface area contributed by atoms with Crippen molar-refractivity contribution in [2.75, 3.05) is 0 Å². The predicted octanol–water partition coefficient (Wildman–Crippen LogP) is 16.3. The molecule has 0 aliphatic heterocycles. The summed E-state index contributed by atoms with van der Waals surface area (Å²) < 4.78 is 45.2. The third-order valence-electron chi connectivity index (χ3n) is 14.2. The standard InChI is InChI=1S/C60H32N2O5P/c63-68(35-19-23-55-43(27-35)47-31-57-45(29-59(47)66-55)41-25-33(17-21-53(41)64-57)61-49-13-5-1-9-37(49)38-10-2-6-14-50(38)61)36-20-24-56-44(28-36)48-32-58-46(30-60(48)67-56)42-26-34(18-22-54(42)65-58)62-51-15-7-3-11-39(51)40-12-4-8-16-52(40)62/h1-32H/q+1. The highest BCUT2D eigenvalue weighted by atomic mass is 31.1. The van der Waals surface area contributed by atoms with E-state index in [0.29, 0.717) is 10.6 Å². The second-order valence-corrected chi connectivity index (χ2v) is 19.5. The Balaban J connectivity index is 0.769. The summed E-state index contributed by atoms with van der Waals surface area (Å²) in [6.07, 6.45) is 0. The zero-order chi connectivity index (χ0) is 44.4. The Morgan fingerprint density at radius 1 is 0.265 bits per heavy atom. The highest BCUT2D eigenvalue weighted by Crippen LogP contribution is 2.42. The Hall–Kier alpha value is -8.90. The first kappa shape index (κ1) is 36.3. The van der Waals surface area contributed by atoms with Crippen LogP contribution in [0.15, 0.2) is 212 Å². The summed E-state index contributed by atoms with van der Waals surface area (Å²) in [4.78, 5) is 0. The summed E-state index contributed by atoms with van der Waals surface area (Å²) in [6.45, 7) is 0. The molecule has 6 aromatic heterocycles. The molecule has 8 heteroatoms. The van der Waals surface area contributed by atoms with Gasteiger partial charge in [0.2, 0.25) is 0 Å². The minimum atomic E-state index is -1.97. The molecule has 0 saturated heterocycles. The van der Waals surface area contributed by atoms with E-state index in [1.54, 1.807) is 0 Å². The van der Waals surface area contributed by atoms with Crippen molar-refractivity contribution in [3.8, 4) is 11.4 Å². The molecule has 6 heterocycles. The van der Waals surface area contributed by atoms with E-state index in [1.165, 1.54) is 21.5 Å². The molecule has 0 atom stereocenters. The van der Waals surface area contributed by atoms with Crippen LogP contribution in [0, 0.1) is 0 Å². The highest BCUT2D eigenvalue weighted by molar-refractivity contribution is 7.61. The van der Waals surface area contributed by atoms with Crippen LogP contribution >= 0.6 is 7.80 Å². The summed E-state index contributed by atoms with van der Waals surface area (Å²) in [6, 6.07) is 66.8. The molecule has 0 bridgehead atoms. The van der Waals surface area contributed by atoms with Gasteiger partial charge in [-0.3, -0.25) is 0 Å². The van der Waals surface area contributed by atoms with Crippen molar-refractivity contribution in [2.24, 2.45) is 0 Å². The summed E-state index contributed by atoms with van der Waals surface area (Å²) in [5.74, 6) is 0. The monoisotopic (exact) mass is 891 g/mol. The first-order valence-electron chi connectivity index (χ1n) is 22.7. The smallest absolute Gasteiger partial charge is 0.415 e. The molecule has 0 N–H and O–H groups in total. The van der Waals surface area contributed by atoms with Crippen LogP contribution in [0.4, 0.5) is 0 Å². The lowest BCUT2D eigenvalue weighted by molar-refractivity contribution is 0.598. The Morgan fingerprint density at radius 3 is 0.882 bits per heavy atom. The number of rotatable bonds is 4. The van der Waals surface area contributed by atoms with E-state index in [4.69, 9.17) is 17.7 Å². The van der Waals surface area contributed by atoms with Gasteiger partial charge in [0.05, 0.1) is 22.1 Å². The average Bonchev–Trinajstić information content (AvgIpc) is 4.23. The molecular formula is C60H32N2O5P+. The molecule has 0 unspecified atom stereocenters. The van der Waals surface area contributed by atoms with Gasteiger partial charge in [-0.05, 0) is 109 Å². The molecule has 0 fully saturated rings. The topological polar surface area (TPSA) is 79.5 Å². The van der Waals surface area contributed by atoms with Gasteiger partial charge in [-0.1, -0.05) is 77.4 Å². The third-order valence-corrected chi connectivity index (χ3v) is 15.7. The van der Waals surface area contributed by atoms with Gasteiger partial charge >= 0.3 is 7.80 Å². The van der Waals surface area contributed by atoms with E-state index < -0.39 is 7.80 Å². The molecule has 7 nitrogen and oxygen atoms in total. The van der Waals surface area contributed by atoms with Gasteiger partial charge < -0.3 is 26.8 Å². The first-order valence-corrected chi connectivity index (χ1v) is 23.9. The highest BCUT2D eigenvalue weighted by Gasteiger charge is 2.27. The normalized spacial score (nSPS) is 12.5. The van der Waals surface area contributed by atoms with Crippen molar-refractivity contribution in [2.45, 2.75) is 0 Å². The number of furan rings is 4. The van der Waals surface area contributed by atoms with Crippen LogP contribution in [0.1, 0.15) is 0 Å². The van der Waals surface area contributed by atoms with Gasteiger partial charge in [-0.2, -0.15) is 0 Å². The van der Waals surface area contributed by atoms with Gasteiger partial charge in [0, 0.05) is 88.1 Å². The molecule has 0 radical (unpaired) electrons. The van der Waals surface area contributed by atoms with E-state index in [9.17, 15) is 4.57 Å². The number of nitrogens with zero attached hydrogens (tertiary/aromatic N) is 2. The summed E-state index contributed by atoms with van der Waals surface area (Å²) in [5.41, 5.74) is 12.8. The maximum absolute atomic E-state index is 14.5. The molecule has 0 spiro atoms. The van der Waals surface area contributed by atoms with E-state index in [1.807, 2.05) is 36.4 Å². The molecule has 0 amide bonds. The van der Waals surface area contributed by atoms with Crippen LogP contribution in [-0.4, -0.2) is 9.13 Å². The Kier molecular flexibility index (Phi) is 7.02. The van der Waals surface area contributed by atoms with Crippen LogP contribution in [0.2, 0.25) is 0 Å². The fourth-order valence-corrected chi connectivity index (χ4v) is 12.3. The Labute approximate surface area is 385 Å². The van der Waals surface area contributed by atoms with Crippen molar-refractivity contribution in [3.63, 3.8) is 0 Å². The molecule has 16 aromatic rings. The lowest BCUT2D eigenvalue weighted by Gasteiger charge is -2.07. The third kappa shape index (κ3) is 4.92. The second kappa shape index (κ2) is 13.1. The van der Waals surface area contributed by atoms with Crippen LogP contribution in [0.25, 0.3) is 143 Å². The molecule has 0 aliphatic rings.